The maximum Gasteiger partial charge on any atom is 0.145 e. The summed E-state index contributed by atoms with van der Waals surface area (Å²) >= 11 is 0. The number of aromatic nitrogens is 2. The zero-order valence-corrected chi connectivity index (χ0v) is 10.9. The van der Waals surface area contributed by atoms with Gasteiger partial charge < -0.3 is 5.73 Å². The molecule has 4 heteroatoms. The number of rotatable bonds is 3. The second kappa shape index (κ2) is 5.81. The average molecular weight is 244 g/mol. The number of hydrogen-bond acceptors (Lipinski definition) is 4. The van der Waals surface area contributed by atoms with Gasteiger partial charge in [0.25, 0.3) is 0 Å². The molecule has 1 aliphatic carbocycles. The summed E-state index contributed by atoms with van der Waals surface area (Å²) in [5.74, 6) is 2.44. The average Bonchev–Trinajstić information content (AvgIpc) is 2.40. The summed E-state index contributed by atoms with van der Waals surface area (Å²) in [6.45, 7) is 2.25. The molecule has 1 fully saturated rings. The van der Waals surface area contributed by atoms with Gasteiger partial charge in [-0.25, -0.2) is 9.97 Å². The van der Waals surface area contributed by atoms with Crippen LogP contribution < -0.4 is 5.73 Å². The quantitative estimate of drug-likeness (QED) is 0.886. The summed E-state index contributed by atoms with van der Waals surface area (Å²) in [6.07, 6.45) is 8.99. The Bertz CT molecular complexity index is 442. The fourth-order valence-electron chi connectivity index (χ4n) is 2.81. The Kier molecular flexibility index (Phi) is 4.14. The Morgan fingerprint density at radius 3 is 2.67 bits per heavy atom. The van der Waals surface area contributed by atoms with Gasteiger partial charge in [0.15, 0.2) is 0 Å². The van der Waals surface area contributed by atoms with Gasteiger partial charge in [0.1, 0.15) is 23.3 Å². The van der Waals surface area contributed by atoms with E-state index in [0.29, 0.717) is 17.3 Å². The van der Waals surface area contributed by atoms with Crippen molar-refractivity contribution in [3.8, 4) is 6.07 Å². The van der Waals surface area contributed by atoms with Gasteiger partial charge in [-0.2, -0.15) is 5.26 Å². The van der Waals surface area contributed by atoms with E-state index in [1.54, 1.807) is 6.20 Å². The van der Waals surface area contributed by atoms with E-state index in [-0.39, 0.29) is 0 Å². The minimum atomic E-state index is 0.318. The second-order valence-electron chi connectivity index (χ2n) is 5.15. The lowest BCUT2D eigenvalue weighted by molar-refractivity contribution is 0.302. The van der Waals surface area contributed by atoms with E-state index in [9.17, 15) is 0 Å². The molecule has 0 spiro atoms. The van der Waals surface area contributed by atoms with E-state index >= 15 is 0 Å². The third kappa shape index (κ3) is 2.79. The molecule has 0 saturated heterocycles. The van der Waals surface area contributed by atoms with Gasteiger partial charge in [0.05, 0.1) is 6.20 Å². The molecule has 2 rings (SSSR count). The fourth-order valence-corrected chi connectivity index (χ4v) is 2.81. The molecule has 0 amide bonds. The molecule has 2 N–H and O–H groups in total. The Labute approximate surface area is 108 Å². The topological polar surface area (TPSA) is 75.6 Å². The Balaban J connectivity index is 2.02. The van der Waals surface area contributed by atoms with E-state index in [0.717, 1.165) is 24.6 Å². The molecular weight excluding hydrogens is 224 g/mol. The van der Waals surface area contributed by atoms with E-state index in [1.165, 1.54) is 25.7 Å². The highest BCUT2D eigenvalue weighted by Crippen LogP contribution is 2.36. The monoisotopic (exact) mass is 244 g/mol. The minimum absolute atomic E-state index is 0.318. The molecule has 1 saturated carbocycles. The summed E-state index contributed by atoms with van der Waals surface area (Å²) in [7, 11) is 0. The first-order chi connectivity index (χ1) is 8.74. The van der Waals surface area contributed by atoms with E-state index in [1.807, 2.05) is 6.07 Å². The third-order valence-electron chi connectivity index (χ3n) is 3.87. The lowest BCUT2D eigenvalue weighted by atomic mass is 9.80. The summed E-state index contributed by atoms with van der Waals surface area (Å²) in [6, 6.07) is 2.00. The van der Waals surface area contributed by atoms with Crippen molar-refractivity contribution in [2.75, 3.05) is 5.73 Å². The number of anilines is 1. The normalized spacial score (nSPS) is 23.6. The Morgan fingerprint density at radius 2 is 2.11 bits per heavy atom. The Morgan fingerprint density at radius 1 is 1.39 bits per heavy atom. The largest absolute Gasteiger partial charge is 0.382 e. The van der Waals surface area contributed by atoms with Crippen molar-refractivity contribution in [3.05, 3.63) is 17.6 Å². The van der Waals surface area contributed by atoms with Crippen molar-refractivity contribution in [2.24, 2.45) is 5.92 Å². The van der Waals surface area contributed by atoms with Crippen LogP contribution in [0.2, 0.25) is 0 Å². The smallest absolute Gasteiger partial charge is 0.145 e. The van der Waals surface area contributed by atoms with Crippen LogP contribution in [0.5, 0.6) is 0 Å². The van der Waals surface area contributed by atoms with E-state index < -0.39 is 0 Å². The highest BCUT2D eigenvalue weighted by atomic mass is 14.9. The SMILES string of the molecule is CCCC1CCC(c2ncc(C#N)c(N)n2)CC1. The molecule has 1 aromatic heterocycles. The summed E-state index contributed by atoms with van der Waals surface area (Å²) in [5, 5.41) is 8.80. The summed E-state index contributed by atoms with van der Waals surface area (Å²) < 4.78 is 0. The molecule has 4 nitrogen and oxygen atoms in total. The molecule has 0 aliphatic heterocycles. The highest BCUT2D eigenvalue weighted by molar-refractivity contribution is 5.46. The molecule has 0 atom stereocenters. The van der Waals surface area contributed by atoms with Crippen LogP contribution in [0.1, 0.15) is 62.8 Å². The maximum atomic E-state index is 8.80. The van der Waals surface area contributed by atoms with E-state index in [4.69, 9.17) is 11.0 Å². The highest BCUT2D eigenvalue weighted by Gasteiger charge is 2.24. The van der Waals surface area contributed by atoms with Crippen molar-refractivity contribution in [1.82, 2.24) is 9.97 Å². The number of nitrogens with zero attached hydrogens (tertiary/aromatic N) is 3. The van der Waals surface area contributed by atoms with Gasteiger partial charge in [0.2, 0.25) is 0 Å². The predicted octanol–water partition coefficient (Wildman–Crippen LogP) is 3.00. The van der Waals surface area contributed by atoms with Crippen LogP contribution in [0.15, 0.2) is 6.20 Å². The van der Waals surface area contributed by atoms with Gasteiger partial charge in [0, 0.05) is 5.92 Å². The van der Waals surface area contributed by atoms with Crippen molar-refractivity contribution in [3.63, 3.8) is 0 Å². The summed E-state index contributed by atoms with van der Waals surface area (Å²) in [4.78, 5) is 8.57. The molecule has 0 bridgehead atoms. The van der Waals surface area contributed by atoms with Crippen molar-refractivity contribution in [2.45, 2.75) is 51.4 Å². The minimum Gasteiger partial charge on any atom is -0.382 e. The molecule has 0 unspecified atom stereocenters. The maximum absolute atomic E-state index is 8.80. The summed E-state index contributed by atoms with van der Waals surface area (Å²) in [5.41, 5.74) is 6.11. The van der Waals surface area contributed by atoms with Gasteiger partial charge in [-0.3, -0.25) is 0 Å². The Hall–Kier alpha value is -1.63. The molecule has 18 heavy (non-hydrogen) atoms. The van der Waals surface area contributed by atoms with Crippen LogP contribution in [-0.2, 0) is 0 Å². The number of hydrogen-bond donors (Lipinski definition) is 1. The van der Waals surface area contributed by atoms with Gasteiger partial charge >= 0.3 is 0 Å². The lowest BCUT2D eigenvalue weighted by Gasteiger charge is -2.27. The van der Waals surface area contributed by atoms with E-state index in [2.05, 4.69) is 16.9 Å². The first kappa shape index (κ1) is 12.8. The van der Waals surface area contributed by atoms with Crippen LogP contribution in [0.4, 0.5) is 5.82 Å². The standard InChI is InChI=1S/C14H20N4/c1-2-3-10-4-6-11(7-5-10)14-17-9-12(8-15)13(16)18-14/h9-11H,2-7H2,1H3,(H2,16,17,18). The van der Waals surface area contributed by atoms with Crippen molar-refractivity contribution >= 4 is 5.82 Å². The number of nitrogen functional groups attached to an aromatic ring is 1. The molecular formula is C14H20N4. The van der Waals surface area contributed by atoms with Crippen LogP contribution in [0, 0.1) is 17.2 Å². The molecule has 1 aromatic rings. The second-order valence-corrected chi connectivity index (χ2v) is 5.15. The van der Waals surface area contributed by atoms with Gasteiger partial charge in [-0.15, -0.1) is 0 Å². The number of nitrogens with two attached hydrogens (primary N) is 1. The van der Waals surface area contributed by atoms with Crippen LogP contribution >= 0.6 is 0 Å². The van der Waals surface area contributed by atoms with Crippen LogP contribution in [-0.4, -0.2) is 9.97 Å². The first-order valence-corrected chi connectivity index (χ1v) is 6.77. The fraction of sp³-hybridized carbons (Fsp3) is 0.643. The van der Waals surface area contributed by atoms with Crippen molar-refractivity contribution < 1.29 is 0 Å². The molecule has 0 aromatic carbocycles. The molecule has 96 valence electrons. The molecule has 1 aliphatic rings. The lowest BCUT2D eigenvalue weighted by Crippen LogP contribution is -2.16. The van der Waals surface area contributed by atoms with Crippen LogP contribution in [0.3, 0.4) is 0 Å². The molecule has 0 radical (unpaired) electrons. The third-order valence-corrected chi connectivity index (χ3v) is 3.87. The predicted molar refractivity (Wildman–Crippen MR) is 70.8 cm³/mol. The zero-order chi connectivity index (χ0) is 13.0. The zero-order valence-electron chi connectivity index (χ0n) is 10.9. The first-order valence-electron chi connectivity index (χ1n) is 6.77. The van der Waals surface area contributed by atoms with Crippen molar-refractivity contribution in [1.29, 1.82) is 5.26 Å². The van der Waals surface area contributed by atoms with Crippen LogP contribution in [0.25, 0.3) is 0 Å². The number of nitriles is 1. The van der Waals surface area contributed by atoms with Gasteiger partial charge in [-0.05, 0) is 31.6 Å². The molecule has 1 heterocycles. The van der Waals surface area contributed by atoms with Gasteiger partial charge in [-0.1, -0.05) is 19.8 Å².